The van der Waals surface area contributed by atoms with Crippen LogP contribution in [-0.2, 0) is 0 Å². The molecule has 0 radical (unpaired) electrons. The van der Waals surface area contributed by atoms with E-state index in [0.717, 1.165) is 43.4 Å². The van der Waals surface area contributed by atoms with Crippen LogP contribution in [0.1, 0.15) is 12.8 Å². The summed E-state index contributed by atoms with van der Waals surface area (Å²) in [5, 5.41) is 17.9. The first-order valence-electron chi connectivity index (χ1n) is 8.20. The lowest BCUT2D eigenvalue weighted by Gasteiger charge is -2.23. The Morgan fingerprint density at radius 3 is 2.63 bits per heavy atom. The summed E-state index contributed by atoms with van der Waals surface area (Å²) in [6.45, 7) is 1.94. The molecule has 1 fully saturated rings. The third kappa shape index (κ3) is 4.23. The van der Waals surface area contributed by atoms with E-state index in [0.29, 0.717) is 5.82 Å². The fraction of sp³-hybridized carbons (Fsp3) is 0.312. The summed E-state index contributed by atoms with van der Waals surface area (Å²) < 4.78 is 11.1. The van der Waals surface area contributed by atoms with Crippen molar-refractivity contribution in [3.8, 4) is 28.9 Å². The number of nitrogens with one attached hydrogen (secondary N) is 2. The average molecular weight is 393 g/mol. The first-order chi connectivity index (χ1) is 12.7. The lowest BCUT2D eigenvalue weighted by Crippen LogP contribution is -2.34. The molecule has 4 rings (SSSR count). The van der Waals surface area contributed by atoms with Crippen LogP contribution in [-0.4, -0.2) is 44.2 Å². The van der Waals surface area contributed by atoms with Gasteiger partial charge in [-0.1, -0.05) is 5.16 Å². The predicted molar refractivity (Wildman–Crippen MR) is 97.7 cm³/mol. The predicted octanol–water partition coefficient (Wildman–Crippen LogP) is 2.59. The number of imidazole rings is 1. The molecular weight excluding hydrogens is 376 g/mol. The Bertz CT molecular complexity index is 904. The van der Waals surface area contributed by atoms with Crippen LogP contribution in [0.25, 0.3) is 23.1 Å². The third-order valence-corrected chi connectivity index (χ3v) is 4.09. The molecule has 0 spiro atoms. The van der Waals surface area contributed by atoms with E-state index >= 15 is 0 Å². The van der Waals surface area contributed by atoms with Gasteiger partial charge in [0.15, 0.2) is 0 Å². The van der Waals surface area contributed by atoms with E-state index in [1.165, 1.54) is 0 Å². The number of ether oxygens (including phenoxy) is 1. The highest BCUT2D eigenvalue weighted by Gasteiger charge is 2.19. The molecule has 0 atom stereocenters. The van der Waals surface area contributed by atoms with Crippen molar-refractivity contribution in [3.05, 3.63) is 40.6 Å². The summed E-state index contributed by atoms with van der Waals surface area (Å²) in [6.07, 6.45) is 3.32. The quantitative estimate of drug-likeness (QED) is 0.500. The molecule has 1 saturated heterocycles. The van der Waals surface area contributed by atoms with Crippen molar-refractivity contribution in [2.45, 2.75) is 18.9 Å². The molecule has 1 aromatic carbocycles. The minimum atomic E-state index is -0.575. The van der Waals surface area contributed by atoms with Crippen molar-refractivity contribution < 1.29 is 14.2 Å². The van der Waals surface area contributed by atoms with Crippen molar-refractivity contribution in [1.29, 1.82) is 0 Å². The van der Waals surface area contributed by atoms with E-state index in [9.17, 15) is 10.1 Å². The van der Waals surface area contributed by atoms with Gasteiger partial charge in [0.1, 0.15) is 18.1 Å². The highest BCUT2D eigenvalue weighted by molar-refractivity contribution is 5.85. The normalized spacial score (nSPS) is 14.5. The Morgan fingerprint density at radius 2 is 1.96 bits per heavy atom. The molecule has 142 valence electrons. The van der Waals surface area contributed by atoms with E-state index in [1.54, 1.807) is 0 Å². The Hall–Kier alpha value is -2.98. The van der Waals surface area contributed by atoms with Gasteiger partial charge in [-0.15, -0.1) is 12.4 Å². The van der Waals surface area contributed by atoms with Gasteiger partial charge in [0, 0.05) is 5.56 Å². The second-order valence-electron chi connectivity index (χ2n) is 5.89. The Morgan fingerprint density at radius 1 is 1.22 bits per heavy atom. The molecular formula is C16H17ClN6O4. The molecule has 2 N–H and O–H groups in total. The van der Waals surface area contributed by atoms with E-state index < -0.39 is 4.92 Å². The number of aromatic amines is 1. The SMILES string of the molecule is Cl.O=[N+]([O-])c1cnc(-c2nc(-c3ccc(OC4CCNCC4)cc3)no2)[nH]1. The monoisotopic (exact) mass is 392 g/mol. The van der Waals surface area contributed by atoms with Crippen LogP contribution in [0.4, 0.5) is 5.82 Å². The summed E-state index contributed by atoms with van der Waals surface area (Å²) in [5.74, 6) is 1.17. The standard InChI is InChI=1S/C16H16N6O4.ClH/c23-22(24)13-9-18-15(19-13)16-20-14(21-26-16)10-1-3-11(4-2-10)25-12-5-7-17-8-6-12;/h1-4,9,12,17H,5-8H2,(H,18,19);1H. The molecule has 1 aliphatic rings. The van der Waals surface area contributed by atoms with Gasteiger partial charge in [-0.2, -0.15) is 4.98 Å². The average Bonchev–Trinajstić information content (AvgIpc) is 3.33. The Kier molecular flexibility index (Phi) is 5.67. The molecule has 3 aromatic rings. The Balaban J connectivity index is 0.00000210. The molecule has 11 heteroatoms. The maximum atomic E-state index is 10.7. The van der Waals surface area contributed by atoms with Crippen LogP contribution >= 0.6 is 12.4 Å². The summed E-state index contributed by atoms with van der Waals surface area (Å²) in [5.41, 5.74) is 0.749. The summed E-state index contributed by atoms with van der Waals surface area (Å²) in [7, 11) is 0. The summed E-state index contributed by atoms with van der Waals surface area (Å²) >= 11 is 0. The molecule has 27 heavy (non-hydrogen) atoms. The van der Waals surface area contributed by atoms with Crippen LogP contribution in [0.5, 0.6) is 5.75 Å². The summed E-state index contributed by atoms with van der Waals surface area (Å²) in [4.78, 5) is 20.7. The maximum absolute atomic E-state index is 10.7. The first-order valence-corrected chi connectivity index (χ1v) is 8.20. The second kappa shape index (κ2) is 8.14. The molecule has 0 saturated carbocycles. The topological polar surface area (TPSA) is 132 Å². The lowest BCUT2D eigenvalue weighted by atomic mass is 10.1. The van der Waals surface area contributed by atoms with Crippen LogP contribution in [0.15, 0.2) is 35.0 Å². The van der Waals surface area contributed by atoms with E-state index in [2.05, 4.69) is 25.4 Å². The summed E-state index contributed by atoms with van der Waals surface area (Å²) in [6, 6.07) is 7.42. The number of nitro groups is 1. The fourth-order valence-electron chi connectivity index (χ4n) is 2.74. The van der Waals surface area contributed by atoms with Crippen LogP contribution in [0, 0.1) is 10.1 Å². The van der Waals surface area contributed by atoms with Crippen molar-refractivity contribution >= 4 is 18.2 Å². The second-order valence-corrected chi connectivity index (χ2v) is 5.89. The smallest absolute Gasteiger partial charge is 0.341 e. The van der Waals surface area contributed by atoms with Crippen molar-refractivity contribution in [2.75, 3.05) is 13.1 Å². The zero-order valence-corrected chi connectivity index (χ0v) is 14.9. The molecule has 0 unspecified atom stereocenters. The molecule has 0 aliphatic carbocycles. The number of piperidine rings is 1. The van der Waals surface area contributed by atoms with Crippen LogP contribution in [0.3, 0.4) is 0 Å². The largest absolute Gasteiger partial charge is 0.490 e. The molecule has 0 bridgehead atoms. The minimum Gasteiger partial charge on any atom is -0.490 e. The maximum Gasteiger partial charge on any atom is 0.341 e. The van der Waals surface area contributed by atoms with Gasteiger partial charge in [0.25, 0.3) is 5.82 Å². The van der Waals surface area contributed by atoms with Gasteiger partial charge >= 0.3 is 11.7 Å². The number of hydrogen-bond acceptors (Lipinski definition) is 8. The number of halogens is 1. The van der Waals surface area contributed by atoms with Crippen molar-refractivity contribution in [1.82, 2.24) is 25.4 Å². The zero-order chi connectivity index (χ0) is 17.9. The Labute approximate surface area is 159 Å². The van der Waals surface area contributed by atoms with E-state index in [-0.39, 0.29) is 36.0 Å². The van der Waals surface area contributed by atoms with Crippen LogP contribution < -0.4 is 10.1 Å². The number of nitrogens with zero attached hydrogens (tertiary/aromatic N) is 4. The molecule has 2 aromatic heterocycles. The molecule has 10 nitrogen and oxygen atoms in total. The fourth-order valence-corrected chi connectivity index (χ4v) is 2.74. The van der Waals surface area contributed by atoms with Gasteiger partial charge in [-0.05, 0) is 55.1 Å². The van der Waals surface area contributed by atoms with Gasteiger partial charge in [0.05, 0.1) is 0 Å². The third-order valence-electron chi connectivity index (χ3n) is 4.09. The molecule has 3 heterocycles. The number of H-pyrrole nitrogens is 1. The van der Waals surface area contributed by atoms with Gasteiger partial charge in [-0.3, -0.25) is 0 Å². The van der Waals surface area contributed by atoms with Gasteiger partial charge in [0.2, 0.25) is 5.82 Å². The number of rotatable bonds is 5. The van der Waals surface area contributed by atoms with Gasteiger partial charge in [-0.25, -0.2) is 9.97 Å². The van der Waals surface area contributed by atoms with Gasteiger partial charge < -0.3 is 24.7 Å². The zero-order valence-electron chi connectivity index (χ0n) is 14.1. The van der Waals surface area contributed by atoms with Crippen LogP contribution in [0.2, 0.25) is 0 Å². The lowest BCUT2D eigenvalue weighted by molar-refractivity contribution is -0.389. The van der Waals surface area contributed by atoms with E-state index in [4.69, 9.17) is 9.26 Å². The van der Waals surface area contributed by atoms with Crippen molar-refractivity contribution in [3.63, 3.8) is 0 Å². The first kappa shape index (κ1) is 18.8. The number of hydrogen-bond donors (Lipinski definition) is 2. The van der Waals surface area contributed by atoms with Crippen molar-refractivity contribution in [2.24, 2.45) is 0 Å². The molecule has 0 amide bonds. The highest BCUT2D eigenvalue weighted by atomic mass is 35.5. The molecule has 1 aliphatic heterocycles. The highest BCUT2D eigenvalue weighted by Crippen LogP contribution is 2.24. The number of aromatic nitrogens is 4. The number of benzene rings is 1. The van der Waals surface area contributed by atoms with E-state index in [1.807, 2.05) is 24.3 Å². The minimum absolute atomic E-state index is 0.